The number of carbonyl (C=O) groups is 10. The number of hydrogen-bond acceptors (Lipinski definition) is 41. The van der Waals surface area contributed by atoms with E-state index in [1.165, 1.54) is 0 Å². The van der Waals surface area contributed by atoms with E-state index in [1.54, 1.807) is 0 Å². The molecular formula is C78H93F14O41S7-7. The number of hydrogen-bond donors (Lipinski definition) is 0. The lowest BCUT2D eigenvalue weighted by molar-refractivity contribution is -0.202. The van der Waals surface area contributed by atoms with E-state index in [1.807, 2.05) is 0 Å². The van der Waals surface area contributed by atoms with Crippen LogP contribution in [-0.4, -0.2) is 255 Å². The molecule has 0 aromatic rings. The highest BCUT2D eigenvalue weighted by molar-refractivity contribution is 7.89. The van der Waals surface area contributed by atoms with Crippen LogP contribution in [0.25, 0.3) is 0 Å². The topological polar surface area (TPSA) is 663 Å². The minimum Gasteiger partial charge on any atom is -0.743 e. The largest absolute Gasteiger partial charge is 0.743 e. The number of rotatable bonds is 25. The number of esters is 9. The Morgan fingerprint density at radius 3 is 1.05 bits per heavy atom. The van der Waals surface area contributed by atoms with Crippen LogP contribution in [0.2, 0.25) is 0 Å². The zero-order valence-corrected chi connectivity index (χ0v) is 78.7. The molecule has 798 valence electrons. The molecule has 0 radical (unpaired) electrons. The van der Waals surface area contributed by atoms with E-state index in [9.17, 15) is 200 Å². The lowest BCUT2D eigenvalue weighted by atomic mass is 9.49. The molecule has 19 aliphatic carbocycles. The van der Waals surface area contributed by atoms with Crippen LogP contribution in [0.5, 0.6) is 0 Å². The average molecular weight is 2180 g/mol. The van der Waals surface area contributed by atoms with Crippen LogP contribution in [0.3, 0.4) is 0 Å². The van der Waals surface area contributed by atoms with Crippen molar-refractivity contribution < 1.29 is 248 Å². The normalized spacial score (nSPS) is 35.1. The van der Waals surface area contributed by atoms with Crippen LogP contribution in [0, 0.1) is 99.6 Å². The van der Waals surface area contributed by atoms with Crippen LogP contribution in [0.1, 0.15) is 212 Å². The predicted molar refractivity (Wildman–Crippen MR) is 416 cm³/mol. The van der Waals surface area contributed by atoms with Gasteiger partial charge in [-0.2, -0.15) is 61.5 Å². The molecule has 3 saturated heterocycles. The standard InChI is InChI=1S/C15H20F2O7S.C13H18F2O5S.C12H14F2O6S.C12H16F2O5S.C9H8F2O8S.C9H12F2O5S.C8H12F2O5S/c16-15(17,25(20,21)22)13(19)24-2-1-23-12(18)14-6-9-3-10(7-14)5-11(4-9)8-14;14-13(15,21(17,18)19)11(16)20-7-12-4-8-1-9(5-12)3-10(2-8)6-12;13-12(14,21(17,18)19)10(16)20-11-3-6-1-7(4-11)9(15)8(2-6)5-11;13-12(14,20(16,17)18)10(15)19-11-4-7-1-8(5-11)3-9(2-7)6-11;10-9(11,20(14,15)16)8(13)19-5-3-1-2-4(17-3)6(5)18-7(2)12;10-9(11,17(13,14)15)8(12)16-7-4-5-1-2-6(7)3-5;9-8(10,16(12,13)14)7(11)15-6-4-2-1-3-5-6/h9-11H,1-8H2,(H,20,21,22);8-10H,1-7H2,(H,17,18,19);6-8H,1-5H2,(H,17,18,19);7-9H,1-6H2,(H,16,17,18);2-6H,1H2,(H,14,15,16);5-7H,1-4H2,(H,13,14,15);6H,1-5H2,(H,12,13,14)/p-7. The third-order valence-corrected chi connectivity index (χ3v) is 35.4. The van der Waals surface area contributed by atoms with Crippen molar-refractivity contribution >= 4 is 130 Å². The minimum atomic E-state index is -6.19. The van der Waals surface area contributed by atoms with Crippen molar-refractivity contribution in [3.05, 3.63) is 0 Å². The fraction of sp³-hybridized carbons (Fsp3) is 0.872. The molecule has 0 spiro atoms. The van der Waals surface area contributed by atoms with E-state index in [2.05, 4.69) is 23.7 Å². The second-order valence-corrected chi connectivity index (χ2v) is 50.1. The van der Waals surface area contributed by atoms with Crippen molar-refractivity contribution in [3.63, 3.8) is 0 Å². The molecule has 22 fully saturated rings. The molecule has 22 rings (SSSR count). The molecule has 62 heteroatoms. The Bertz CT molecular complexity index is 5540. The molecule has 20 bridgehead atoms. The van der Waals surface area contributed by atoms with Gasteiger partial charge in [-0.3, -0.25) is 14.4 Å². The van der Waals surface area contributed by atoms with Crippen molar-refractivity contribution in [3.8, 4) is 0 Å². The highest BCUT2D eigenvalue weighted by Gasteiger charge is 2.68. The molecule has 10 atom stereocenters. The Kier molecular flexibility index (Phi) is 31.6. The van der Waals surface area contributed by atoms with E-state index >= 15 is 0 Å². The Balaban J connectivity index is 0.000000147. The zero-order chi connectivity index (χ0) is 104. The molecule has 140 heavy (non-hydrogen) atoms. The summed E-state index contributed by atoms with van der Waals surface area (Å²) in [6.07, 6.45) is 19.3. The molecule has 0 amide bonds. The van der Waals surface area contributed by atoms with Crippen LogP contribution >= 0.6 is 0 Å². The van der Waals surface area contributed by atoms with E-state index in [0.29, 0.717) is 117 Å². The molecular weight excluding hydrogens is 2080 g/mol. The van der Waals surface area contributed by atoms with Gasteiger partial charge in [-0.1, -0.05) is 6.42 Å². The zero-order valence-electron chi connectivity index (χ0n) is 73.0. The summed E-state index contributed by atoms with van der Waals surface area (Å²) in [5.74, 6) is -13.5. The van der Waals surface area contributed by atoms with Crippen LogP contribution in [0.4, 0.5) is 61.5 Å². The number of ether oxygens (including phenoxy) is 10. The number of alkyl halides is 14. The summed E-state index contributed by atoms with van der Waals surface area (Å²) in [6.45, 7) is -1.40. The summed E-state index contributed by atoms with van der Waals surface area (Å²) in [7, 11) is -42.6. The monoisotopic (exact) mass is 2180 g/mol. The first-order chi connectivity index (χ1) is 63.9. The van der Waals surface area contributed by atoms with Gasteiger partial charge in [-0.05, 0) is 276 Å². The maximum absolute atomic E-state index is 13.2. The van der Waals surface area contributed by atoms with Crippen molar-refractivity contribution in [2.75, 3.05) is 19.8 Å². The van der Waals surface area contributed by atoms with Crippen molar-refractivity contribution in [1.29, 1.82) is 0 Å². The Morgan fingerprint density at radius 2 is 0.671 bits per heavy atom. The SMILES string of the molecule is O=C(OC12CC3CC(CC(C3)C1)C2)C(F)(F)S(=O)(=O)[O-].O=C(OC1CC2CCC1C2)C(F)(F)S(=O)(=O)[O-].O=C(OC1CCCCC1)C(F)(F)S(=O)(=O)[O-].O=C(OCC12CC3CC(CC(C3)C1)C2)C(F)(F)S(=O)(=O)[O-].O=C(OCCOC(=O)C(F)(F)S(=O)(=O)[O-])C12CC3CC(CC(C3)C1)C2.O=C1C2CC3CC1CC(OC(=O)C(F)(F)S(=O)(=O)[O-])(C3)C2.O=C1OC2C(OC(=O)C(F)(F)S(=O)(=O)[O-])C3CC1C2O3. The minimum absolute atomic E-state index is 0.0223. The molecule has 3 aliphatic heterocycles. The first-order valence-electron chi connectivity index (χ1n) is 44.2. The number of carbonyl (C=O) groups excluding carboxylic acids is 10. The van der Waals surface area contributed by atoms with E-state index < -0.39 is 234 Å². The van der Waals surface area contributed by atoms with Gasteiger partial charge in [0.05, 0.1) is 24.0 Å². The second-order valence-electron chi connectivity index (χ2n) is 40.1. The molecule has 0 aromatic carbocycles. The summed E-state index contributed by atoms with van der Waals surface area (Å²) in [5, 5.41) is -35.4. The van der Waals surface area contributed by atoms with Crippen LogP contribution in [-0.2, 0) is 166 Å². The Labute approximate surface area is 789 Å². The summed E-state index contributed by atoms with van der Waals surface area (Å²) in [6, 6.07) is 0. The number of halogens is 14. The van der Waals surface area contributed by atoms with Gasteiger partial charge in [0.2, 0.25) is 0 Å². The first kappa shape index (κ1) is 112. The third-order valence-electron chi connectivity index (χ3n) is 29.9. The van der Waals surface area contributed by atoms with Gasteiger partial charge in [-0.25, -0.2) is 92.5 Å². The molecule has 22 aliphatic rings. The molecule has 0 aromatic heterocycles. The maximum Gasteiger partial charge on any atom is 0.428 e. The number of Topliss-reactive ketones (excluding diaryl/α,β-unsaturated/α-hetero) is 1. The maximum atomic E-state index is 13.2. The van der Waals surface area contributed by atoms with Crippen molar-refractivity contribution in [2.45, 2.75) is 296 Å². The van der Waals surface area contributed by atoms with Gasteiger partial charge < -0.3 is 79.2 Å². The fourth-order valence-electron chi connectivity index (χ4n) is 25.3. The summed E-state index contributed by atoms with van der Waals surface area (Å²) >= 11 is 0. The smallest absolute Gasteiger partial charge is 0.428 e. The highest BCUT2D eigenvalue weighted by atomic mass is 32.2. The molecule has 19 saturated carbocycles. The van der Waals surface area contributed by atoms with E-state index in [4.69, 9.17) is 23.7 Å². The molecule has 3 heterocycles. The van der Waals surface area contributed by atoms with E-state index in [0.717, 1.165) is 135 Å². The highest BCUT2D eigenvalue weighted by Crippen LogP contribution is 2.64. The first-order valence-corrected chi connectivity index (χ1v) is 54.1. The fourth-order valence-corrected chi connectivity index (χ4v) is 27.1. The van der Waals surface area contributed by atoms with Gasteiger partial charge in [0.15, 0.2) is 83.0 Å². The van der Waals surface area contributed by atoms with Gasteiger partial charge in [0, 0.05) is 17.3 Å². The van der Waals surface area contributed by atoms with Gasteiger partial charge in [0.25, 0.3) is 0 Å². The second kappa shape index (κ2) is 39.5. The van der Waals surface area contributed by atoms with E-state index in [-0.39, 0.29) is 60.7 Å². The van der Waals surface area contributed by atoms with Crippen molar-refractivity contribution in [1.82, 2.24) is 0 Å². The van der Waals surface area contributed by atoms with Crippen molar-refractivity contribution in [2.24, 2.45) is 99.6 Å². The average Bonchev–Trinajstić information content (AvgIpc) is 1.47. The third kappa shape index (κ3) is 23.4. The molecule has 10 unspecified atom stereocenters. The quantitative estimate of drug-likeness (QED) is 0.0315. The predicted octanol–water partition coefficient (Wildman–Crippen LogP) is 6.37. The van der Waals surface area contributed by atoms with Gasteiger partial charge in [-0.15, -0.1) is 0 Å². The number of ketones is 1. The Hall–Kier alpha value is -6.75. The number of fused-ring (bicyclic) bond motifs is 3. The van der Waals surface area contributed by atoms with Crippen LogP contribution in [0.15, 0.2) is 0 Å². The Morgan fingerprint density at radius 1 is 0.336 bits per heavy atom. The lowest BCUT2D eigenvalue weighted by Crippen LogP contribution is -2.58. The molecule has 0 N–H and O–H groups in total. The van der Waals surface area contributed by atoms with Crippen LogP contribution < -0.4 is 0 Å². The lowest BCUT2D eigenvalue weighted by Gasteiger charge is -2.56. The summed E-state index contributed by atoms with van der Waals surface area (Å²) in [5.41, 5.74) is -3.04. The van der Waals surface area contributed by atoms with Gasteiger partial charge >= 0.3 is 90.5 Å². The molecule has 41 nitrogen and oxygen atoms in total. The van der Waals surface area contributed by atoms with Gasteiger partial charge in [0.1, 0.15) is 48.5 Å². The summed E-state index contributed by atoms with van der Waals surface area (Å²) in [4.78, 5) is 114. The summed E-state index contributed by atoms with van der Waals surface area (Å²) < 4.78 is 446.